The molecule has 0 spiro atoms. The van der Waals surface area contributed by atoms with E-state index in [4.69, 9.17) is 0 Å². The van der Waals surface area contributed by atoms with Crippen molar-refractivity contribution in [1.29, 1.82) is 0 Å². The molecule has 2 aromatic heterocycles. The van der Waals surface area contributed by atoms with E-state index < -0.39 is 17.5 Å². The predicted octanol–water partition coefficient (Wildman–Crippen LogP) is 5.54. The molecule has 4 rings (SSSR count). The fourth-order valence-corrected chi connectivity index (χ4v) is 4.03. The number of hydrogen-bond donors (Lipinski definition) is 0. The quantitative estimate of drug-likeness (QED) is 0.431. The van der Waals surface area contributed by atoms with Crippen molar-refractivity contribution in [3.63, 3.8) is 0 Å². The minimum atomic E-state index is -4.55. The molecule has 174 valence electrons. The Kier molecular flexibility index (Phi) is 6.46. The maximum Gasteiger partial charge on any atom is 0.417 e. The first-order chi connectivity index (χ1) is 16.1. The summed E-state index contributed by atoms with van der Waals surface area (Å²) >= 11 is 0. The van der Waals surface area contributed by atoms with Crippen LogP contribution in [0.5, 0.6) is 0 Å². The smallest absolute Gasteiger partial charge is 0.295 e. The molecule has 0 fully saturated rings. The number of alkyl halides is 3. The van der Waals surface area contributed by atoms with Crippen molar-refractivity contribution in [2.45, 2.75) is 45.7 Å². The molecule has 0 radical (unpaired) electrons. The van der Waals surface area contributed by atoms with Crippen molar-refractivity contribution in [2.75, 3.05) is 0 Å². The summed E-state index contributed by atoms with van der Waals surface area (Å²) in [6.07, 6.45) is 3.09. The third-order valence-corrected chi connectivity index (χ3v) is 6.05. The van der Waals surface area contributed by atoms with E-state index in [0.29, 0.717) is 12.6 Å². The van der Waals surface area contributed by atoms with Gasteiger partial charge in [0.05, 0.1) is 11.3 Å². The van der Waals surface area contributed by atoms with Crippen LogP contribution in [-0.4, -0.2) is 21.5 Å². The molecule has 0 saturated carbocycles. The molecule has 1 aliphatic carbocycles. The van der Waals surface area contributed by atoms with Crippen LogP contribution in [0.15, 0.2) is 54.5 Å². The van der Waals surface area contributed by atoms with E-state index in [1.807, 2.05) is 37.4 Å². The highest BCUT2D eigenvalue weighted by Crippen LogP contribution is 2.29. The van der Waals surface area contributed by atoms with Crippen LogP contribution in [0.3, 0.4) is 0 Å². The van der Waals surface area contributed by atoms with Crippen LogP contribution >= 0.6 is 0 Å². The number of nitrogens with zero attached hydrogens (tertiary/aromatic N) is 2. The molecule has 7 heteroatoms. The number of carbonyl (C=O) groups excluding carboxylic acids is 2. The average Bonchev–Trinajstić information content (AvgIpc) is 3.23. The van der Waals surface area contributed by atoms with Gasteiger partial charge in [0.1, 0.15) is 0 Å². The summed E-state index contributed by atoms with van der Waals surface area (Å²) in [4.78, 5) is 32.3. The molecule has 0 atom stereocenters. The normalized spacial score (nSPS) is 12.9. The minimum absolute atomic E-state index is 0.00467. The summed E-state index contributed by atoms with van der Waals surface area (Å²) in [5, 5.41) is 0. The maximum absolute atomic E-state index is 12.9. The van der Waals surface area contributed by atoms with Gasteiger partial charge in [0.25, 0.3) is 0 Å². The second-order valence-corrected chi connectivity index (χ2v) is 8.60. The van der Waals surface area contributed by atoms with Gasteiger partial charge in [-0.3, -0.25) is 19.6 Å². The first kappa shape index (κ1) is 23.5. The number of aryl methyl sites for hydroxylation is 3. The highest BCUT2D eigenvalue weighted by Gasteiger charge is 2.31. The third-order valence-electron chi connectivity index (χ3n) is 6.05. The molecule has 0 amide bonds. The highest BCUT2D eigenvalue weighted by atomic mass is 19.4. The van der Waals surface area contributed by atoms with Crippen molar-refractivity contribution in [2.24, 2.45) is 0 Å². The van der Waals surface area contributed by atoms with Crippen molar-refractivity contribution >= 4 is 17.6 Å². The van der Waals surface area contributed by atoms with Crippen LogP contribution in [0.2, 0.25) is 0 Å². The van der Waals surface area contributed by atoms with Gasteiger partial charge in [-0.1, -0.05) is 18.2 Å². The topological polar surface area (TPSA) is 59.9 Å². The van der Waals surface area contributed by atoms with Crippen LogP contribution in [0.4, 0.5) is 13.2 Å². The molecule has 0 unspecified atom stereocenters. The number of fused-ring (bicyclic) bond motifs is 1. The second kappa shape index (κ2) is 9.33. The number of halogens is 3. The summed E-state index contributed by atoms with van der Waals surface area (Å²) in [6.45, 7) is 3.54. The highest BCUT2D eigenvalue weighted by molar-refractivity contribution is 6.00. The summed E-state index contributed by atoms with van der Waals surface area (Å²) in [5.74, 6) is -0.355. The van der Waals surface area contributed by atoms with Gasteiger partial charge in [0.2, 0.25) is 0 Å². The van der Waals surface area contributed by atoms with Gasteiger partial charge in [-0.15, -0.1) is 0 Å². The van der Waals surface area contributed by atoms with E-state index in [-0.39, 0.29) is 17.8 Å². The van der Waals surface area contributed by atoms with Crippen molar-refractivity contribution in [3.05, 3.63) is 99.1 Å². The van der Waals surface area contributed by atoms with E-state index in [9.17, 15) is 22.8 Å². The molecule has 2 heterocycles. The molecular weight excluding hydrogens is 441 g/mol. The third kappa shape index (κ3) is 5.30. The van der Waals surface area contributed by atoms with Crippen molar-refractivity contribution < 1.29 is 22.8 Å². The van der Waals surface area contributed by atoms with E-state index in [0.717, 1.165) is 58.0 Å². The predicted molar refractivity (Wildman–Crippen MR) is 122 cm³/mol. The Morgan fingerprint density at radius 1 is 1.00 bits per heavy atom. The van der Waals surface area contributed by atoms with Crippen LogP contribution in [0, 0.1) is 6.92 Å². The lowest BCUT2D eigenvalue weighted by molar-refractivity contribution is -0.137. The van der Waals surface area contributed by atoms with Crippen LogP contribution in [0.25, 0.3) is 6.08 Å². The molecule has 0 aliphatic heterocycles. The van der Waals surface area contributed by atoms with Gasteiger partial charge in [-0.2, -0.15) is 13.2 Å². The van der Waals surface area contributed by atoms with Crippen molar-refractivity contribution in [1.82, 2.24) is 9.97 Å². The largest absolute Gasteiger partial charge is 0.417 e. The Hall–Kier alpha value is -3.61. The number of rotatable bonds is 7. The lowest BCUT2D eigenvalue weighted by Gasteiger charge is -2.11. The lowest BCUT2D eigenvalue weighted by atomic mass is 9.95. The zero-order valence-electron chi connectivity index (χ0n) is 18.9. The van der Waals surface area contributed by atoms with Crippen LogP contribution in [-0.2, 0) is 36.7 Å². The average molecular weight is 464 g/mol. The standard InChI is InChI=1S/C27H23F3N2O2/c1-16-3-4-18(9-26(34)23-11-24(15-31-14-23)27(28,29)30)7-20(16)6-5-19-8-22-10-21(17(2)33)12-25(22)32-13-19/h3-4,7-8,10-11,13-15H,5-6,9,12H2,1-2H3. The van der Waals surface area contributed by atoms with Crippen molar-refractivity contribution in [3.8, 4) is 0 Å². The number of benzene rings is 1. The Morgan fingerprint density at radius 2 is 1.79 bits per heavy atom. The molecule has 0 saturated heterocycles. The van der Waals surface area contributed by atoms with E-state index in [1.54, 1.807) is 6.92 Å². The number of Topliss-reactive ketones (excluding diaryl/α,β-unsaturated/α-hetero) is 2. The fourth-order valence-electron chi connectivity index (χ4n) is 4.03. The first-order valence-electron chi connectivity index (χ1n) is 10.9. The molecular formula is C27H23F3N2O2. The number of pyridine rings is 2. The molecule has 4 nitrogen and oxygen atoms in total. The van der Waals surface area contributed by atoms with E-state index in [2.05, 4.69) is 16.0 Å². The van der Waals surface area contributed by atoms with Crippen LogP contribution in [0.1, 0.15) is 56.4 Å². The first-order valence-corrected chi connectivity index (χ1v) is 10.9. The number of hydrogen-bond acceptors (Lipinski definition) is 4. The molecule has 1 aromatic carbocycles. The van der Waals surface area contributed by atoms with Gasteiger partial charge in [-0.05, 0) is 72.7 Å². The molecule has 0 N–H and O–H groups in total. The molecule has 34 heavy (non-hydrogen) atoms. The molecule has 1 aliphatic rings. The number of aromatic nitrogens is 2. The lowest BCUT2D eigenvalue weighted by Crippen LogP contribution is -2.10. The SMILES string of the molecule is CC(=O)C1=Cc2cc(CCc3cc(CC(=O)c4cncc(C(F)(F)F)c4)ccc3C)cnc2C1. The van der Waals surface area contributed by atoms with Crippen LogP contribution < -0.4 is 0 Å². The number of carbonyl (C=O) groups is 2. The summed E-state index contributed by atoms with van der Waals surface area (Å²) in [7, 11) is 0. The number of ketones is 2. The fraction of sp³-hybridized carbons (Fsp3) is 0.259. The van der Waals surface area contributed by atoms with E-state index in [1.165, 1.54) is 6.20 Å². The minimum Gasteiger partial charge on any atom is -0.295 e. The molecule has 3 aromatic rings. The Balaban J connectivity index is 1.46. The Morgan fingerprint density at radius 3 is 2.53 bits per heavy atom. The van der Waals surface area contributed by atoms with Gasteiger partial charge in [0.15, 0.2) is 11.6 Å². The van der Waals surface area contributed by atoms with Gasteiger partial charge >= 0.3 is 6.18 Å². The monoisotopic (exact) mass is 464 g/mol. The van der Waals surface area contributed by atoms with Gasteiger partial charge in [0, 0.05) is 42.6 Å². The summed E-state index contributed by atoms with van der Waals surface area (Å²) < 4.78 is 38.8. The van der Waals surface area contributed by atoms with Gasteiger partial charge < -0.3 is 0 Å². The maximum atomic E-state index is 12.9. The number of allylic oxidation sites excluding steroid dienone is 1. The Labute approximate surface area is 195 Å². The second-order valence-electron chi connectivity index (χ2n) is 8.60. The summed E-state index contributed by atoms with van der Waals surface area (Å²) in [6, 6.07) is 8.58. The Bertz CT molecular complexity index is 1310. The zero-order valence-corrected chi connectivity index (χ0v) is 18.9. The molecule has 0 bridgehead atoms. The zero-order chi connectivity index (χ0) is 24.5. The summed E-state index contributed by atoms with van der Waals surface area (Å²) in [5.41, 5.74) is 5.60. The van der Waals surface area contributed by atoms with E-state index >= 15 is 0 Å². The van der Waals surface area contributed by atoms with Gasteiger partial charge in [-0.25, -0.2) is 0 Å².